The van der Waals surface area contributed by atoms with Crippen molar-refractivity contribution in [2.45, 2.75) is 38.6 Å². The molecule has 16 heavy (non-hydrogen) atoms. The Labute approximate surface area is 97.5 Å². The molecule has 0 bridgehead atoms. The van der Waals surface area contributed by atoms with E-state index in [9.17, 15) is 0 Å². The first-order valence-corrected chi connectivity index (χ1v) is 5.88. The number of hydrogen-bond donors (Lipinski definition) is 0. The fourth-order valence-electron chi connectivity index (χ4n) is 2.45. The molecule has 2 nitrogen and oxygen atoms in total. The van der Waals surface area contributed by atoms with Gasteiger partial charge in [-0.3, -0.25) is 0 Å². The van der Waals surface area contributed by atoms with E-state index < -0.39 is 0 Å². The van der Waals surface area contributed by atoms with Gasteiger partial charge < -0.3 is 4.90 Å². The highest BCUT2D eigenvalue weighted by molar-refractivity contribution is 5.57. The normalized spacial score (nSPS) is 15.4. The smallest absolute Gasteiger partial charge is 0.0646 e. The number of anilines is 1. The molecule has 0 unspecified atom stereocenters. The Balaban J connectivity index is 2.35. The third-order valence-electron chi connectivity index (χ3n) is 3.35. The molecule has 0 amide bonds. The van der Waals surface area contributed by atoms with Gasteiger partial charge in [-0.25, -0.2) is 0 Å². The van der Waals surface area contributed by atoms with E-state index in [0.29, 0.717) is 6.42 Å². The molecule has 0 radical (unpaired) electrons. The number of hydrogen-bond acceptors (Lipinski definition) is 2. The molecule has 1 aliphatic rings. The van der Waals surface area contributed by atoms with Gasteiger partial charge >= 0.3 is 0 Å². The van der Waals surface area contributed by atoms with Crippen LogP contribution >= 0.6 is 0 Å². The van der Waals surface area contributed by atoms with Crippen LogP contribution in [-0.4, -0.2) is 12.1 Å². The second-order valence-electron chi connectivity index (χ2n) is 5.03. The van der Waals surface area contributed by atoms with Crippen LogP contribution in [0.2, 0.25) is 0 Å². The molecule has 1 aromatic carbocycles. The Hall–Kier alpha value is -1.49. The Morgan fingerprint density at radius 1 is 1.38 bits per heavy atom. The maximum atomic E-state index is 8.90. The lowest BCUT2D eigenvalue weighted by atomic mass is 9.92. The number of para-hydroxylation sites is 1. The first-order valence-electron chi connectivity index (χ1n) is 5.88. The Morgan fingerprint density at radius 3 is 2.88 bits per heavy atom. The molecule has 2 rings (SSSR count). The van der Waals surface area contributed by atoms with E-state index >= 15 is 0 Å². The monoisotopic (exact) mass is 214 g/mol. The largest absolute Gasteiger partial charge is 0.365 e. The van der Waals surface area contributed by atoms with Crippen molar-refractivity contribution < 1.29 is 0 Å². The number of aryl methyl sites for hydroxylation is 1. The summed E-state index contributed by atoms with van der Waals surface area (Å²) in [6.45, 7) is 5.36. The molecule has 84 valence electrons. The van der Waals surface area contributed by atoms with Crippen molar-refractivity contribution in [2.75, 3.05) is 11.4 Å². The van der Waals surface area contributed by atoms with Crippen molar-refractivity contribution in [1.29, 1.82) is 5.26 Å². The van der Waals surface area contributed by atoms with Gasteiger partial charge in [0, 0.05) is 17.8 Å². The highest BCUT2D eigenvalue weighted by Crippen LogP contribution is 2.33. The van der Waals surface area contributed by atoms with Crippen molar-refractivity contribution in [3.63, 3.8) is 0 Å². The first kappa shape index (κ1) is 11.0. The standard InChI is InChI=1S/C14H18N2/c1-14(2,9-10-15)16-11-5-7-12-6-3-4-8-13(12)16/h3-4,6,8H,5,7,9,11H2,1-2H3. The average Bonchev–Trinajstić information content (AvgIpc) is 2.28. The zero-order valence-corrected chi connectivity index (χ0v) is 10.0. The molecule has 0 aromatic heterocycles. The summed E-state index contributed by atoms with van der Waals surface area (Å²) in [5.41, 5.74) is 2.67. The number of fused-ring (bicyclic) bond motifs is 1. The summed E-state index contributed by atoms with van der Waals surface area (Å²) in [6.07, 6.45) is 2.92. The fourth-order valence-corrected chi connectivity index (χ4v) is 2.45. The second kappa shape index (κ2) is 4.17. The van der Waals surface area contributed by atoms with Gasteiger partial charge in [-0.05, 0) is 38.3 Å². The highest BCUT2D eigenvalue weighted by atomic mass is 15.2. The van der Waals surface area contributed by atoms with E-state index in [1.165, 1.54) is 17.7 Å². The summed E-state index contributed by atoms with van der Waals surface area (Å²) in [5, 5.41) is 8.90. The molecule has 0 spiro atoms. The van der Waals surface area contributed by atoms with Crippen LogP contribution < -0.4 is 4.90 Å². The van der Waals surface area contributed by atoms with Crippen LogP contribution in [0.15, 0.2) is 24.3 Å². The third-order valence-corrected chi connectivity index (χ3v) is 3.35. The van der Waals surface area contributed by atoms with Crippen molar-refractivity contribution in [1.82, 2.24) is 0 Å². The summed E-state index contributed by atoms with van der Waals surface area (Å²) in [5.74, 6) is 0. The number of benzene rings is 1. The summed E-state index contributed by atoms with van der Waals surface area (Å²) in [4.78, 5) is 2.38. The number of nitrogens with zero attached hydrogens (tertiary/aromatic N) is 2. The molecule has 1 heterocycles. The zero-order chi connectivity index (χ0) is 11.6. The van der Waals surface area contributed by atoms with E-state index in [0.717, 1.165) is 13.0 Å². The van der Waals surface area contributed by atoms with Gasteiger partial charge in [0.05, 0.1) is 12.5 Å². The predicted octanol–water partition coefficient (Wildman–Crippen LogP) is 3.13. The van der Waals surface area contributed by atoms with E-state index in [2.05, 4.69) is 49.1 Å². The minimum atomic E-state index is -0.0642. The van der Waals surface area contributed by atoms with Crippen LogP contribution in [0, 0.1) is 11.3 Å². The maximum absolute atomic E-state index is 8.90. The summed E-state index contributed by atoms with van der Waals surface area (Å²) < 4.78 is 0. The van der Waals surface area contributed by atoms with Crippen LogP contribution in [0.3, 0.4) is 0 Å². The summed E-state index contributed by atoms with van der Waals surface area (Å²) in [7, 11) is 0. The highest BCUT2D eigenvalue weighted by Gasteiger charge is 2.29. The third kappa shape index (κ3) is 1.90. The van der Waals surface area contributed by atoms with Crippen LogP contribution in [0.5, 0.6) is 0 Å². The van der Waals surface area contributed by atoms with Crippen LogP contribution in [0.4, 0.5) is 5.69 Å². The molecule has 0 saturated carbocycles. The molecule has 1 aliphatic heterocycles. The van der Waals surface area contributed by atoms with Gasteiger partial charge in [0.1, 0.15) is 0 Å². The van der Waals surface area contributed by atoms with Gasteiger partial charge in [0.2, 0.25) is 0 Å². The molecule has 0 saturated heterocycles. The van der Waals surface area contributed by atoms with E-state index in [-0.39, 0.29) is 5.54 Å². The van der Waals surface area contributed by atoms with E-state index in [1.54, 1.807) is 0 Å². The van der Waals surface area contributed by atoms with E-state index in [1.807, 2.05) is 0 Å². The predicted molar refractivity (Wildman–Crippen MR) is 66.4 cm³/mol. The minimum Gasteiger partial charge on any atom is -0.365 e. The lowest BCUT2D eigenvalue weighted by molar-refractivity contribution is 0.452. The van der Waals surface area contributed by atoms with Gasteiger partial charge in [-0.2, -0.15) is 5.26 Å². The molecule has 0 fully saturated rings. The molecular weight excluding hydrogens is 196 g/mol. The van der Waals surface area contributed by atoms with Crippen LogP contribution in [-0.2, 0) is 6.42 Å². The summed E-state index contributed by atoms with van der Waals surface area (Å²) in [6, 6.07) is 10.8. The fraction of sp³-hybridized carbons (Fsp3) is 0.500. The van der Waals surface area contributed by atoms with Crippen LogP contribution in [0.25, 0.3) is 0 Å². The second-order valence-corrected chi connectivity index (χ2v) is 5.03. The van der Waals surface area contributed by atoms with Gasteiger partial charge in [0.15, 0.2) is 0 Å². The van der Waals surface area contributed by atoms with Gasteiger partial charge in [0.25, 0.3) is 0 Å². The molecule has 1 aromatic rings. The van der Waals surface area contributed by atoms with Crippen molar-refractivity contribution >= 4 is 5.69 Å². The Morgan fingerprint density at radius 2 is 2.12 bits per heavy atom. The number of rotatable bonds is 2. The van der Waals surface area contributed by atoms with Gasteiger partial charge in [-0.1, -0.05) is 18.2 Å². The quantitative estimate of drug-likeness (QED) is 0.756. The Kier molecular flexibility index (Phi) is 2.87. The molecule has 2 heteroatoms. The lowest BCUT2D eigenvalue weighted by Crippen LogP contribution is -2.46. The van der Waals surface area contributed by atoms with Crippen molar-refractivity contribution in [3.05, 3.63) is 29.8 Å². The van der Waals surface area contributed by atoms with Crippen molar-refractivity contribution in [2.24, 2.45) is 0 Å². The van der Waals surface area contributed by atoms with Crippen molar-refractivity contribution in [3.8, 4) is 6.07 Å². The SMILES string of the molecule is CC(C)(CC#N)N1CCCc2ccccc21. The molecule has 0 aliphatic carbocycles. The number of nitriles is 1. The zero-order valence-electron chi connectivity index (χ0n) is 10.0. The molecule has 0 N–H and O–H groups in total. The van der Waals surface area contributed by atoms with E-state index in [4.69, 9.17) is 5.26 Å². The topological polar surface area (TPSA) is 27.0 Å². The molecule has 0 atom stereocenters. The van der Waals surface area contributed by atoms with Gasteiger partial charge in [-0.15, -0.1) is 0 Å². The molecular formula is C14H18N2. The first-order chi connectivity index (χ1) is 7.65. The Bertz CT molecular complexity index is 415. The lowest BCUT2D eigenvalue weighted by Gasteiger charge is -2.42. The minimum absolute atomic E-state index is 0.0642. The maximum Gasteiger partial charge on any atom is 0.0646 e. The van der Waals surface area contributed by atoms with Crippen LogP contribution in [0.1, 0.15) is 32.3 Å². The average molecular weight is 214 g/mol. The summed E-state index contributed by atoms with van der Waals surface area (Å²) >= 11 is 0.